The first kappa shape index (κ1) is 14.2. The first-order valence-corrected chi connectivity index (χ1v) is 6.16. The van der Waals surface area contributed by atoms with Crippen LogP contribution in [0.4, 0.5) is 15.8 Å². The Hall–Kier alpha value is -2.21. The number of hydrogen-bond donors (Lipinski definition) is 1. The second-order valence-electron chi connectivity index (χ2n) is 4.22. The van der Waals surface area contributed by atoms with Gasteiger partial charge in [0.2, 0.25) is 0 Å². The van der Waals surface area contributed by atoms with Gasteiger partial charge in [0.1, 0.15) is 11.5 Å². The molecule has 1 aromatic heterocycles. The Kier molecular flexibility index (Phi) is 4.14. The predicted molar refractivity (Wildman–Crippen MR) is 74.3 cm³/mol. The van der Waals surface area contributed by atoms with Gasteiger partial charge in [0.15, 0.2) is 0 Å². The zero-order chi connectivity index (χ0) is 14.7. The average Bonchev–Trinajstić information content (AvgIpc) is 2.40. The number of halogens is 2. The Morgan fingerprint density at radius 3 is 2.80 bits per heavy atom. The van der Waals surface area contributed by atoms with Gasteiger partial charge in [-0.2, -0.15) is 0 Å². The number of nitro groups is 1. The summed E-state index contributed by atoms with van der Waals surface area (Å²) in [6.07, 6.45) is 2.60. The normalized spacial score (nSPS) is 11.9. The third kappa shape index (κ3) is 3.21. The van der Waals surface area contributed by atoms with E-state index in [4.69, 9.17) is 11.6 Å². The van der Waals surface area contributed by atoms with Gasteiger partial charge in [0, 0.05) is 17.3 Å². The van der Waals surface area contributed by atoms with Crippen LogP contribution in [0.1, 0.15) is 18.5 Å². The number of nitrogens with one attached hydrogen (secondary N) is 1. The van der Waals surface area contributed by atoms with Crippen LogP contribution in [0.2, 0.25) is 5.02 Å². The molecule has 1 N–H and O–H groups in total. The van der Waals surface area contributed by atoms with Crippen LogP contribution in [-0.2, 0) is 0 Å². The summed E-state index contributed by atoms with van der Waals surface area (Å²) in [4.78, 5) is 14.2. The lowest BCUT2D eigenvalue weighted by molar-refractivity contribution is -0.384. The van der Waals surface area contributed by atoms with E-state index in [0.29, 0.717) is 11.3 Å². The summed E-state index contributed by atoms with van der Waals surface area (Å²) in [6.45, 7) is 1.76. The van der Waals surface area contributed by atoms with Gasteiger partial charge in [-0.15, -0.1) is 0 Å². The molecular weight excluding hydrogens is 285 g/mol. The molecule has 20 heavy (non-hydrogen) atoms. The molecule has 5 nitrogen and oxygen atoms in total. The summed E-state index contributed by atoms with van der Waals surface area (Å²) in [6, 6.07) is 5.32. The van der Waals surface area contributed by atoms with E-state index in [1.807, 2.05) is 0 Å². The summed E-state index contributed by atoms with van der Waals surface area (Å²) in [7, 11) is 0. The molecular formula is C13H11ClFN3O2. The quantitative estimate of drug-likeness (QED) is 0.685. The third-order valence-corrected chi connectivity index (χ3v) is 2.99. The molecule has 0 radical (unpaired) electrons. The summed E-state index contributed by atoms with van der Waals surface area (Å²) in [5.41, 5.74) is 0.777. The highest BCUT2D eigenvalue weighted by Crippen LogP contribution is 2.30. The van der Waals surface area contributed by atoms with Crippen molar-refractivity contribution in [1.82, 2.24) is 4.98 Å². The van der Waals surface area contributed by atoms with E-state index in [2.05, 4.69) is 10.3 Å². The summed E-state index contributed by atoms with van der Waals surface area (Å²) < 4.78 is 13.1. The minimum absolute atomic E-state index is 0.131. The van der Waals surface area contributed by atoms with Crippen LogP contribution in [0, 0.1) is 15.9 Å². The fourth-order valence-electron chi connectivity index (χ4n) is 1.76. The Balaban J connectivity index is 2.28. The maximum Gasteiger partial charge on any atom is 0.293 e. The Bertz CT molecular complexity index is 651. The lowest BCUT2D eigenvalue weighted by Crippen LogP contribution is -2.09. The van der Waals surface area contributed by atoms with Crippen molar-refractivity contribution in [2.75, 3.05) is 5.32 Å². The van der Waals surface area contributed by atoms with E-state index in [1.165, 1.54) is 24.4 Å². The van der Waals surface area contributed by atoms with Gasteiger partial charge in [-0.1, -0.05) is 11.6 Å². The van der Waals surface area contributed by atoms with Gasteiger partial charge in [-0.05, 0) is 30.7 Å². The largest absolute Gasteiger partial charge is 0.373 e. The van der Waals surface area contributed by atoms with Crippen LogP contribution >= 0.6 is 11.6 Å². The molecule has 0 fully saturated rings. The second kappa shape index (κ2) is 5.83. The third-order valence-electron chi connectivity index (χ3n) is 2.75. The van der Waals surface area contributed by atoms with Gasteiger partial charge in [-0.25, -0.2) is 4.39 Å². The maximum atomic E-state index is 13.1. The molecule has 104 valence electrons. The van der Waals surface area contributed by atoms with E-state index in [0.717, 1.165) is 6.20 Å². The van der Waals surface area contributed by atoms with Crippen molar-refractivity contribution < 1.29 is 9.31 Å². The highest BCUT2D eigenvalue weighted by molar-refractivity contribution is 6.30. The molecule has 1 unspecified atom stereocenters. The molecule has 0 aliphatic heterocycles. The van der Waals surface area contributed by atoms with Crippen LogP contribution in [0.25, 0.3) is 0 Å². The Morgan fingerprint density at radius 2 is 2.15 bits per heavy atom. The van der Waals surface area contributed by atoms with E-state index in [9.17, 15) is 14.5 Å². The number of benzene rings is 1. The van der Waals surface area contributed by atoms with Crippen LogP contribution < -0.4 is 5.32 Å². The zero-order valence-corrected chi connectivity index (χ0v) is 11.3. The number of pyridine rings is 1. The smallest absolute Gasteiger partial charge is 0.293 e. The lowest BCUT2D eigenvalue weighted by atomic mass is 10.1. The average molecular weight is 296 g/mol. The Morgan fingerprint density at radius 1 is 1.40 bits per heavy atom. The highest BCUT2D eigenvalue weighted by Gasteiger charge is 2.17. The number of anilines is 1. The van der Waals surface area contributed by atoms with Crippen molar-refractivity contribution in [2.45, 2.75) is 13.0 Å². The molecule has 0 amide bonds. The lowest BCUT2D eigenvalue weighted by Gasteiger charge is -2.15. The standard InChI is InChI=1S/C13H11ClFN3O2/c1-8(9-4-11(15)7-16-6-9)17-12-3-2-10(14)5-13(12)18(19)20/h2-8,17H,1H3. The first-order chi connectivity index (χ1) is 9.47. The molecule has 1 aromatic carbocycles. The van der Waals surface area contributed by atoms with Crippen molar-refractivity contribution in [3.8, 4) is 0 Å². The number of hydrogen-bond acceptors (Lipinski definition) is 4. The predicted octanol–water partition coefficient (Wildman–Crippen LogP) is 3.96. The molecule has 1 atom stereocenters. The van der Waals surface area contributed by atoms with Gasteiger partial charge in [-0.3, -0.25) is 15.1 Å². The molecule has 0 saturated heterocycles. The molecule has 0 aliphatic carbocycles. The van der Waals surface area contributed by atoms with Gasteiger partial charge >= 0.3 is 0 Å². The van der Waals surface area contributed by atoms with Crippen molar-refractivity contribution in [3.05, 3.63) is 63.2 Å². The van der Waals surface area contributed by atoms with Gasteiger partial charge in [0.05, 0.1) is 17.2 Å². The van der Waals surface area contributed by atoms with E-state index < -0.39 is 10.7 Å². The number of aromatic nitrogens is 1. The van der Waals surface area contributed by atoms with Crippen molar-refractivity contribution >= 4 is 23.0 Å². The van der Waals surface area contributed by atoms with E-state index in [-0.39, 0.29) is 16.8 Å². The van der Waals surface area contributed by atoms with Crippen LogP contribution in [-0.4, -0.2) is 9.91 Å². The van der Waals surface area contributed by atoms with Gasteiger partial charge in [0.25, 0.3) is 5.69 Å². The van der Waals surface area contributed by atoms with E-state index in [1.54, 1.807) is 13.0 Å². The molecule has 1 heterocycles. The summed E-state index contributed by atoms with van der Waals surface area (Å²) in [5.74, 6) is -0.457. The van der Waals surface area contributed by atoms with Crippen molar-refractivity contribution in [1.29, 1.82) is 0 Å². The monoisotopic (exact) mass is 295 g/mol. The van der Waals surface area contributed by atoms with Crippen molar-refractivity contribution in [2.24, 2.45) is 0 Å². The Labute approximate surface area is 119 Å². The summed E-state index contributed by atoms with van der Waals surface area (Å²) >= 11 is 5.74. The van der Waals surface area contributed by atoms with Crippen LogP contribution in [0.15, 0.2) is 36.7 Å². The molecule has 0 spiro atoms. The molecule has 0 aliphatic rings. The molecule has 7 heteroatoms. The van der Waals surface area contributed by atoms with Gasteiger partial charge < -0.3 is 5.32 Å². The zero-order valence-electron chi connectivity index (χ0n) is 10.5. The maximum absolute atomic E-state index is 13.1. The summed E-state index contributed by atoms with van der Waals surface area (Å²) in [5, 5.41) is 14.2. The second-order valence-corrected chi connectivity index (χ2v) is 4.66. The van der Waals surface area contributed by atoms with Crippen LogP contribution in [0.5, 0.6) is 0 Å². The topological polar surface area (TPSA) is 68.1 Å². The molecule has 0 saturated carbocycles. The molecule has 0 bridgehead atoms. The fraction of sp³-hybridized carbons (Fsp3) is 0.154. The SMILES string of the molecule is CC(Nc1ccc(Cl)cc1[N+](=O)[O-])c1cncc(F)c1. The van der Waals surface area contributed by atoms with Crippen LogP contribution in [0.3, 0.4) is 0 Å². The van der Waals surface area contributed by atoms with Crippen molar-refractivity contribution in [3.63, 3.8) is 0 Å². The number of nitrogens with zero attached hydrogens (tertiary/aromatic N) is 2. The van der Waals surface area contributed by atoms with E-state index >= 15 is 0 Å². The minimum atomic E-state index is -0.523. The number of rotatable bonds is 4. The molecule has 2 aromatic rings. The fourth-order valence-corrected chi connectivity index (χ4v) is 1.93. The number of nitro benzene ring substituents is 1. The first-order valence-electron chi connectivity index (χ1n) is 5.78. The minimum Gasteiger partial charge on any atom is -0.373 e. The highest BCUT2D eigenvalue weighted by atomic mass is 35.5. The molecule has 2 rings (SSSR count).